The lowest BCUT2D eigenvalue weighted by Gasteiger charge is -2.14. The first-order valence-corrected chi connectivity index (χ1v) is 7.40. The quantitative estimate of drug-likeness (QED) is 0.826. The third-order valence-corrected chi connectivity index (χ3v) is 4.08. The number of carboxylic acid groups (broad SMARTS) is 1. The van der Waals surface area contributed by atoms with Gasteiger partial charge in [-0.25, -0.2) is 0 Å². The summed E-state index contributed by atoms with van der Waals surface area (Å²) in [5, 5.41) is 8.74. The molecular formula is C18H17NO4. The Kier molecular flexibility index (Phi) is 4.12. The fourth-order valence-electron chi connectivity index (χ4n) is 2.94. The van der Waals surface area contributed by atoms with Crippen LogP contribution < -0.4 is 5.73 Å². The molecule has 0 bridgehead atoms. The minimum atomic E-state index is -1.23. The molecule has 0 saturated heterocycles. The molecule has 1 atom stereocenters. The second kappa shape index (κ2) is 6.22. The third kappa shape index (κ3) is 2.96. The number of esters is 1. The van der Waals surface area contributed by atoms with Crippen molar-refractivity contribution in [3.63, 3.8) is 0 Å². The van der Waals surface area contributed by atoms with E-state index in [9.17, 15) is 9.59 Å². The van der Waals surface area contributed by atoms with Gasteiger partial charge in [0.1, 0.15) is 12.6 Å². The molecule has 0 heterocycles. The monoisotopic (exact) mass is 311 g/mol. The van der Waals surface area contributed by atoms with Gasteiger partial charge in [0.25, 0.3) is 0 Å². The van der Waals surface area contributed by atoms with Gasteiger partial charge in [0, 0.05) is 5.92 Å². The highest BCUT2D eigenvalue weighted by Gasteiger charge is 2.29. The minimum Gasteiger partial charge on any atom is -0.480 e. The molecule has 0 fully saturated rings. The molecule has 0 aromatic heterocycles. The molecule has 0 aliphatic heterocycles. The van der Waals surface area contributed by atoms with Gasteiger partial charge in [0.15, 0.2) is 0 Å². The van der Waals surface area contributed by atoms with E-state index in [1.54, 1.807) is 0 Å². The molecule has 0 unspecified atom stereocenters. The summed E-state index contributed by atoms with van der Waals surface area (Å²) >= 11 is 0. The summed E-state index contributed by atoms with van der Waals surface area (Å²) in [6.45, 7) is 0.180. The zero-order chi connectivity index (χ0) is 16.4. The van der Waals surface area contributed by atoms with E-state index in [2.05, 4.69) is 12.1 Å². The summed E-state index contributed by atoms with van der Waals surface area (Å²) in [5.74, 6) is -1.84. The number of hydrogen-bond acceptors (Lipinski definition) is 4. The Morgan fingerprint density at radius 2 is 1.57 bits per heavy atom. The highest BCUT2D eigenvalue weighted by atomic mass is 16.5. The fraction of sp³-hybridized carbons (Fsp3) is 0.222. The van der Waals surface area contributed by atoms with Crippen LogP contribution in [0.3, 0.4) is 0 Å². The van der Waals surface area contributed by atoms with Crippen molar-refractivity contribution in [2.45, 2.75) is 18.4 Å². The predicted octanol–water partition coefficient (Wildman–Crippen LogP) is 2.14. The lowest BCUT2D eigenvalue weighted by Crippen LogP contribution is -2.33. The molecule has 0 spiro atoms. The molecule has 3 rings (SSSR count). The van der Waals surface area contributed by atoms with E-state index in [1.807, 2.05) is 36.4 Å². The van der Waals surface area contributed by atoms with Gasteiger partial charge in [-0.3, -0.25) is 9.59 Å². The van der Waals surface area contributed by atoms with Gasteiger partial charge in [-0.1, -0.05) is 48.5 Å². The number of carbonyl (C=O) groups is 2. The largest absolute Gasteiger partial charge is 0.480 e. The summed E-state index contributed by atoms with van der Waals surface area (Å²) in [6, 6.07) is 14.8. The smallest absolute Gasteiger partial charge is 0.321 e. The normalized spacial score (nSPS) is 14.0. The van der Waals surface area contributed by atoms with Crippen LogP contribution in [0.1, 0.15) is 23.5 Å². The molecule has 5 heteroatoms. The Morgan fingerprint density at radius 3 is 2.09 bits per heavy atom. The summed E-state index contributed by atoms with van der Waals surface area (Å²) in [7, 11) is 0. The summed E-state index contributed by atoms with van der Waals surface area (Å²) in [6.07, 6.45) is -0.328. The van der Waals surface area contributed by atoms with Gasteiger partial charge in [-0.15, -0.1) is 0 Å². The van der Waals surface area contributed by atoms with Crippen molar-refractivity contribution in [1.29, 1.82) is 0 Å². The maximum Gasteiger partial charge on any atom is 0.321 e. The number of benzene rings is 2. The first kappa shape index (κ1) is 15.2. The molecule has 118 valence electrons. The van der Waals surface area contributed by atoms with E-state index in [0.717, 1.165) is 22.3 Å². The number of rotatable bonds is 5. The minimum absolute atomic E-state index is 0.0348. The molecule has 3 N–H and O–H groups in total. The van der Waals surface area contributed by atoms with Crippen LogP contribution in [0.2, 0.25) is 0 Å². The van der Waals surface area contributed by atoms with Crippen molar-refractivity contribution < 1.29 is 19.4 Å². The summed E-state index contributed by atoms with van der Waals surface area (Å²) in [5.41, 5.74) is 9.87. The van der Waals surface area contributed by atoms with Crippen molar-refractivity contribution in [2.75, 3.05) is 6.61 Å². The molecule has 2 aromatic rings. The highest BCUT2D eigenvalue weighted by molar-refractivity contribution is 5.82. The molecule has 0 radical (unpaired) electrons. The summed E-state index contributed by atoms with van der Waals surface area (Å²) < 4.78 is 5.28. The van der Waals surface area contributed by atoms with Crippen LogP contribution in [0.15, 0.2) is 48.5 Å². The highest BCUT2D eigenvalue weighted by Crippen LogP contribution is 2.44. The van der Waals surface area contributed by atoms with E-state index in [-0.39, 0.29) is 18.9 Å². The van der Waals surface area contributed by atoms with Gasteiger partial charge in [-0.05, 0) is 22.3 Å². The number of nitrogens with two attached hydrogens (primary N) is 1. The number of carboxylic acids is 1. The third-order valence-electron chi connectivity index (χ3n) is 4.08. The van der Waals surface area contributed by atoms with Crippen LogP contribution in [-0.2, 0) is 14.3 Å². The second-order valence-electron chi connectivity index (χ2n) is 5.56. The second-order valence-corrected chi connectivity index (χ2v) is 5.56. The molecule has 1 aliphatic carbocycles. The van der Waals surface area contributed by atoms with Crippen molar-refractivity contribution in [3.05, 3.63) is 59.7 Å². The van der Waals surface area contributed by atoms with Crippen molar-refractivity contribution in [1.82, 2.24) is 0 Å². The standard InChI is InChI=1S/C18H17NO4/c19-16(18(21)22)9-17(20)23-10-15-13-7-3-1-5-11(13)12-6-2-4-8-14(12)15/h1-8,15-16H,9-10,19H2,(H,21,22)/t16-/m1/s1. The molecule has 1 aliphatic rings. The predicted molar refractivity (Wildman–Crippen MR) is 84.9 cm³/mol. The van der Waals surface area contributed by atoms with Gasteiger partial charge >= 0.3 is 11.9 Å². The topological polar surface area (TPSA) is 89.6 Å². The Bertz CT molecular complexity index is 711. The average molecular weight is 311 g/mol. The van der Waals surface area contributed by atoms with Crippen LogP contribution in [0, 0.1) is 0 Å². The molecule has 0 saturated carbocycles. The first-order valence-electron chi connectivity index (χ1n) is 7.40. The van der Waals surface area contributed by atoms with Crippen LogP contribution in [0.5, 0.6) is 0 Å². The molecule has 5 nitrogen and oxygen atoms in total. The maximum atomic E-state index is 11.8. The average Bonchev–Trinajstić information content (AvgIpc) is 2.87. The SMILES string of the molecule is N[C@H](CC(=O)OCC1c2ccccc2-c2ccccc21)C(=O)O. The zero-order valence-corrected chi connectivity index (χ0v) is 12.4. The molecular weight excluding hydrogens is 294 g/mol. The number of hydrogen-bond donors (Lipinski definition) is 2. The molecule has 23 heavy (non-hydrogen) atoms. The lowest BCUT2D eigenvalue weighted by molar-refractivity contribution is -0.149. The van der Waals surface area contributed by atoms with Gasteiger partial charge < -0.3 is 15.6 Å². The fourth-order valence-corrected chi connectivity index (χ4v) is 2.94. The van der Waals surface area contributed by atoms with Gasteiger partial charge in [0.05, 0.1) is 6.42 Å². The zero-order valence-electron chi connectivity index (χ0n) is 12.4. The number of aliphatic carboxylic acids is 1. The molecule has 0 amide bonds. The van der Waals surface area contributed by atoms with E-state index in [4.69, 9.17) is 15.6 Å². The van der Waals surface area contributed by atoms with Crippen molar-refractivity contribution >= 4 is 11.9 Å². The van der Waals surface area contributed by atoms with E-state index >= 15 is 0 Å². The lowest BCUT2D eigenvalue weighted by atomic mass is 9.98. The first-order chi connectivity index (χ1) is 11.1. The van der Waals surface area contributed by atoms with Crippen LogP contribution in [-0.4, -0.2) is 29.7 Å². The summed E-state index contributed by atoms with van der Waals surface area (Å²) in [4.78, 5) is 22.5. The van der Waals surface area contributed by atoms with Gasteiger partial charge in [-0.2, -0.15) is 0 Å². The van der Waals surface area contributed by atoms with Crippen molar-refractivity contribution in [2.24, 2.45) is 5.73 Å². The van der Waals surface area contributed by atoms with Crippen LogP contribution in [0.4, 0.5) is 0 Å². The van der Waals surface area contributed by atoms with E-state index in [1.165, 1.54) is 0 Å². The number of fused-ring (bicyclic) bond motifs is 3. The maximum absolute atomic E-state index is 11.8. The van der Waals surface area contributed by atoms with E-state index in [0.29, 0.717) is 0 Å². The van der Waals surface area contributed by atoms with Crippen molar-refractivity contribution in [3.8, 4) is 11.1 Å². The Morgan fingerprint density at radius 1 is 1.04 bits per heavy atom. The number of carbonyl (C=O) groups excluding carboxylic acids is 1. The van der Waals surface area contributed by atoms with Crippen LogP contribution in [0.25, 0.3) is 11.1 Å². The van der Waals surface area contributed by atoms with Crippen LogP contribution >= 0.6 is 0 Å². The van der Waals surface area contributed by atoms with E-state index < -0.39 is 18.0 Å². The molecule has 2 aromatic carbocycles. The Balaban J connectivity index is 1.76. The Hall–Kier alpha value is -2.66. The van der Waals surface area contributed by atoms with Gasteiger partial charge in [0.2, 0.25) is 0 Å². The Labute approximate surface area is 133 Å². The number of ether oxygens (including phenoxy) is 1.